The van der Waals surface area contributed by atoms with E-state index in [4.69, 9.17) is 0 Å². The van der Waals surface area contributed by atoms with E-state index in [2.05, 4.69) is 18.5 Å². The van der Waals surface area contributed by atoms with Crippen LogP contribution in [0.1, 0.15) is 19.8 Å². The van der Waals surface area contributed by atoms with Gasteiger partial charge < -0.3 is 4.90 Å². The molecule has 0 bridgehead atoms. The van der Waals surface area contributed by atoms with Crippen molar-refractivity contribution >= 4 is 0 Å². The molecule has 1 heteroatoms. The second kappa shape index (κ2) is 9.27. The van der Waals surface area contributed by atoms with Gasteiger partial charge in [0.05, 0.1) is 0 Å². The molecule has 74 valence electrons. The molecule has 0 unspecified atom stereocenters. The summed E-state index contributed by atoms with van der Waals surface area (Å²) >= 11 is 0. The third kappa shape index (κ3) is 9.09. The van der Waals surface area contributed by atoms with Gasteiger partial charge in [0.2, 0.25) is 0 Å². The Bertz CT molecular complexity index is 162. The van der Waals surface area contributed by atoms with Crippen molar-refractivity contribution in [2.24, 2.45) is 0 Å². The second-order valence-electron chi connectivity index (χ2n) is 3.16. The minimum absolute atomic E-state index is 1.32. The van der Waals surface area contributed by atoms with Gasteiger partial charge in [-0.05, 0) is 39.9 Å². The first-order chi connectivity index (χ1) is 6.31. The number of likely N-dealkylation sites (tertiary alicyclic amines) is 1. The van der Waals surface area contributed by atoms with Gasteiger partial charge in [0.25, 0.3) is 0 Å². The third-order valence-electron chi connectivity index (χ3n) is 1.88. The molecule has 0 atom stereocenters. The molecule has 1 aliphatic heterocycles. The molecule has 0 aliphatic carbocycles. The first-order valence-corrected chi connectivity index (χ1v) is 4.90. The van der Waals surface area contributed by atoms with E-state index in [9.17, 15) is 0 Å². The van der Waals surface area contributed by atoms with Gasteiger partial charge in [0, 0.05) is 0 Å². The van der Waals surface area contributed by atoms with Crippen molar-refractivity contribution in [3.63, 3.8) is 0 Å². The van der Waals surface area contributed by atoms with Gasteiger partial charge in [-0.15, -0.1) is 0 Å². The van der Waals surface area contributed by atoms with Crippen molar-refractivity contribution in [2.45, 2.75) is 19.8 Å². The van der Waals surface area contributed by atoms with Gasteiger partial charge >= 0.3 is 0 Å². The van der Waals surface area contributed by atoms with Gasteiger partial charge in [-0.1, -0.05) is 37.0 Å². The summed E-state index contributed by atoms with van der Waals surface area (Å²) < 4.78 is 0. The summed E-state index contributed by atoms with van der Waals surface area (Å²) in [6, 6.07) is 0. The molecule has 1 fully saturated rings. The number of allylic oxidation sites excluding steroid dienone is 5. The Labute approximate surface area is 82.4 Å². The fraction of sp³-hybridized carbons (Fsp3) is 0.500. The Hall–Kier alpha value is -0.820. The van der Waals surface area contributed by atoms with E-state index in [-0.39, 0.29) is 0 Å². The molecule has 0 amide bonds. The zero-order valence-corrected chi connectivity index (χ0v) is 8.87. The molecule has 0 saturated carbocycles. The molecule has 0 radical (unpaired) electrons. The second-order valence-corrected chi connectivity index (χ2v) is 3.16. The van der Waals surface area contributed by atoms with Crippen molar-refractivity contribution < 1.29 is 0 Å². The number of hydrogen-bond donors (Lipinski definition) is 0. The van der Waals surface area contributed by atoms with Crippen molar-refractivity contribution in [3.8, 4) is 0 Å². The molecule has 1 saturated heterocycles. The van der Waals surface area contributed by atoms with Crippen molar-refractivity contribution in [2.75, 3.05) is 20.1 Å². The van der Waals surface area contributed by atoms with Crippen LogP contribution in [0.4, 0.5) is 0 Å². The first-order valence-electron chi connectivity index (χ1n) is 4.90. The number of nitrogens with zero attached hydrogens (tertiary/aromatic N) is 1. The lowest BCUT2D eigenvalue weighted by Crippen LogP contribution is -2.10. The van der Waals surface area contributed by atoms with E-state index >= 15 is 0 Å². The summed E-state index contributed by atoms with van der Waals surface area (Å²) in [4.78, 5) is 2.36. The minimum atomic E-state index is 1.32. The molecule has 0 N–H and O–H groups in total. The average molecular weight is 179 g/mol. The Balaban J connectivity index is 0.000000223. The van der Waals surface area contributed by atoms with Gasteiger partial charge in [-0.25, -0.2) is 0 Å². The van der Waals surface area contributed by atoms with Crippen LogP contribution in [0.15, 0.2) is 37.0 Å². The lowest BCUT2D eigenvalue weighted by molar-refractivity contribution is 0.418. The largest absolute Gasteiger partial charge is 0.306 e. The summed E-state index contributed by atoms with van der Waals surface area (Å²) in [6.07, 6.45) is 12.3. The molecular weight excluding hydrogens is 158 g/mol. The summed E-state index contributed by atoms with van der Waals surface area (Å²) in [5.41, 5.74) is 0. The molecule has 0 spiro atoms. The van der Waals surface area contributed by atoms with E-state index in [0.29, 0.717) is 0 Å². The van der Waals surface area contributed by atoms with Crippen molar-refractivity contribution in [1.29, 1.82) is 0 Å². The van der Waals surface area contributed by atoms with Gasteiger partial charge in [-0.3, -0.25) is 0 Å². The SMILES string of the molecule is C=C/C=C\C=C/C.CN1CCCC1. The van der Waals surface area contributed by atoms with Crippen LogP contribution >= 0.6 is 0 Å². The molecule has 0 aromatic carbocycles. The molecule has 1 nitrogen and oxygen atoms in total. The monoisotopic (exact) mass is 179 g/mol. The average Bonchev–Trinajstić information content (AvgIpc) is 2.58. The van der Waals surface area contributed by atoms with Crippen LogP contribution in [0.3, 0.4) is 0 Å². The fourth-order valence-corrected chi connectivity index (χ4v) is 1.13. The molecular formula is C12H21N. The maximum absolute atomic E-state index is 3.51. The minimum Gasteiger partial charge on any atom is -0.306 e. The van der Waals surface area contributed by atoms with Gasteiger partial charge in [0.1, 0.15) is 0 Å². The number of hydrogen-bond acceptors (Lipinski definition) is 1. The van der Waals surface area contributed by atoms with Crippen molar-refractivity contribution in [1.82, 2.24) is 4.90 Å². The topological polar surface area (TPSA) is 3.24 Å². The van der Waals surface area contributed by atoms with E-state index < -0.39 is 0 Å². The standard InChI is InChI=1S/C7H10.C5H11N/c1-3-5-7-6-4-2;1-6-4-2-3-5-6/h3-7H,1H2,2H3;2-5H2,1H3/b6-4-,7-5-;. The summed E-state index contributed by atoms with van der Waals surface area (Å²) in [5.74, 6) is 0. The highest BCUT2D eigenvalue weighted by atomic mass is 15.1. The van der Waals surface area contributed by atoms with E-state index in [1.165, 1.54) is 25.9 Å². The van der Waals surface area contributed by atoms with E-state index in [1.54, 1.807) is 6.08 Å². The fourth-order valence-electron chi connectivity index (χ4n) is 1.13. The van der Waals surface area contributed by atoms with Crippen LogP contribution in [0.5, 0.6) is 0 Å². The zero-order chi connectivity index (χ0) is 9.94. The Morgan fingerprint density at radius 2 is 1.69 bits per heavy atom. The Morgan fingerprint density at radius 3 is 2.00 bits per heavy atom. The predicted octanol–water partition coefficient (Wildman–Crippen LogP) is 3.02. The Morgan fingerprint density at radius 1 is 1.08 bits per heavy atom. The van der Waals surface area contributed by atoms with Crippen LogP contribution in [-0.2, 0) is 0 Å². The van der Waals surface area contributed by atoms with Crippen LogP contribution < -0.4 is 0 Å². The lowest BCUT2D eigenvalue weighted by Gasteiger charge is -2.01. The van der Waals surface area contributed by atoms with Crippen LogP contribution in [0.2, 0.25) is 0 Å². The molecule has 13 heavy (non-hydrogen) atoms. The van der Waals surface area contributed by atoms with Crippen LogP contribution in [-0.4, -0.2) is 25.0 Å². The van der Waals surface area contributed by atoms with Crippen LogP contribution in [0, 0.1) is 0 Å². The highest BCUT2D eigenvalue weighted by Crippen LogP contribution is 2.02. The molecule has 0 aromatic rings. The highest BCUT2D eigenvalue weighted by molar-refractivity contribution is 5.07. The first kappa shape index (κ1) is 12.2. The van der Waals surface area contributed by atoms with Gasteiger partial charge in [0.15, 0.2) is 0 Å². The molecule has 1 heterocycles. The molecule has 1 aliphatic rings. The van der Waals surface area contributed by atoms with Crippen LogP contribution in [0.25, 0.3) is 0 Å². The van der Waals surface area contributed by atoms with E-state index in [1.807, 2.05) is 31.2 Å². The predicted molar refractivity (Wildman–Crippen MR) is 60.9 cm³/mol. The normalized spacial score (nSPS) is 17.7. The number of rotatable bonds is 2. The smallest absolute Gasteiger partial charge is 0.00213 e. The maximum atomic E-state index is 3.51. The lowest BCUT2D eigenvalue weighted by atomic mass is 10.4. The quantitative estimate of drug-likeness (QED) is 0.589. The third-order valence-corrected chi connectivity index (χ3v) is 1.88. The van der Waals surface area contributed by atoms with Gasteiger partial charge in [-0.2, -0.15) is 0 Å². The van der Waals surface area contributed by atoms with E-state index in [0.717, 1.165) is 0 Å². The maximum Gasteiger partial charge on any atom is -0.00213 e. The Kier molecular flexibility index (Phi) is 8.68. The summed E-state index contributed by atoms with van der Waals surface area (Å²) in [6.45, 7) is 8.13. The molecule has 0 aromatic heterocycles. The highest BCUT2D eigenvalue weighted by Gasteiger charge is 2.03. The molecule has 1 rings (SSSR count). The summed E-state index contributed by atoms with van der Waals surface area (Å²) in [5, 5.41) is 0. The summed E-state index contributed by atoms with van der Waals surface area (Å²) in [7, 11) is 2.17. The zero-order valence-electron chi connectivity index (χ0n) is 8.87. The van der Waals surface area contributed by atoms with Crippen molar-refractivity contribution in [3.05, 3.63) is 37.0 Å².